The Kier molecular flexibility index (Phi) is 4.25. The van der Waals surface area contributed by atoms with Crippen molar-refractivity contribution < 1.29 is 9.47 Å². The molecule has 5 heteroatoms. The van der Waals surface area contributed by atoms with Crippen molar-refractivity contribution >= 4 is 15.9 Å². The van der Waals surface area contributed by atoms with Crippen molar-refractivity contribution in [1.29, 1.82) is 0 Å². The van der Waals surface area contributed by atoms with E-state index in [-0.39, 0.29) is 0 Å². The Hall–Kier alpha value is -1.49. The first kappa shape index (κ1) is 13.0. The minimum absolute atomic E-state index is 0.622. The van der Waals surface area contributed by atoms with Crippen LogP contribution in [-0.4, -0.2) is 23.5 Å². The fourth-order valence-electron chi connectivity index (χ4n) is 1.61. The lowest BCUT2D eigenvalue weighted by atomic mass is 10.3. The number of benzene rings is 1. The lowest BCUT2D eigenvalue weighted by Gasteiger charge is -2.08. The van der Waals surface area contributed by atoms with Gasteiger partial charge < -0.3 is 9.47 Å². The van der Waals surface area contributed by atoms with Crippen LogP contribution in [-0.2, 0) is 13.5 Å². The highest BCUT2D eigenvalue weighted by atomic mass is 79.9. The molecule has 18 heavy (non-hydrogen) atoms. The third-order valence-electron chi connectivity index (χ3n) is 2.55. The van der Waals surface area contributed by atoms with E-state index in [1.165, 1.54) is 5.56 Å². The van der Waals surface area contributed by atoms with Crippen molar-refractivity contribution in [3.05, 3.63) is 40.6 Å². The number of ether oxygens (including phenoxy) is 2. The summed E-state index contributed by atoms with van der Waals surface area (Å²) in [6, 6.07) is 5.66. The molecule has 0 aliphatic rings. The summed E-state index contributed by atoms with van der Waals surface area (Å²) < 4.78 is 13.5. The van der Waals surface area contributed by atoms with Gasteiger partial charge in [-0.1, -0.05) is 0 Å². The van der Waals surface area contributed by atoms with Gasteiger partial charge in [0.15, 0.2) is 0 Å². The smallest absolute Gasteiger partial charge is 0.133 e. The molecule has 1 heterocycles. The van der Waals surface area contributed by atoms with Crippen LogP contribution in [0.5, 0.6) is 11.5 Å². The average molecular weight is 311 g/mol. The number of halogens is 1. The standard InChI is InChI=1S/C13H15BrN2O2/c1-16-9-10(8-15-16)5-6-18-13-4-3-11(17-2)7-12(13)14/h3-4,7-9H,5-6H2,1-2H3. The Morgan fingerprint density at radius 3 is 2.83 bits per heavy atom. The van der Waals surface area contributed by atoms with Crippen molar-refractivity contribution in [1.82, 2.24) is 9.78 Å². The SMILES string of the molecule is COc1ccc(OCCc2cnn(C)c2)c(Br)c1. The molecule has 4 nitrogen and oxygen atoms in total. The number of aromatic nitrogens is 2. The summed E-state index contributed by atoms with van der Waals surface area (Å²) in [5.74, 6) is 1.63. The predicted molar refractivity (Wildman–Crippen MR) is 73.1 cm³/mol. The normalized spacial score (nSPS) is 10.4. The number of nitrogens with zero attached hydrogens (tertiary/aromatic N) is 2. The summed E-state index contributed by atoms with van der Waals surface area (Å²) in [5, 5.41) is 4.12. The van der Waals surface area contributed by atoms with Crippen LogP contribution in [0.25, 0.3) is 0 Å². The highest BCUT2D eigenvalue weighted by Gasteiger charge is 2.03. The zero-order valence-electron chi connectivity index (χ0n) is 10.4. The molecule has 0 saturated carbocycles. The van der Waals surface area contributed by atoms with E-state index in [4.69, 9.17) is 9.47 Å². The van der Waals surface area contributed by atoms with Gasteiger partial charge in [-0.2, -0.15) is 5.10 Å². The second-order valence-electron chi connectivity index (χ2n) is 3.92. The number of rotatable bonds is 5. The fraction of sp³-hybridized carbons (Fsp3) is 0.308. The minimum atomic E-state index is 0.622. The van der Waals surface area contributed by atoms with E-state index in [9.17, 15) is 0 Å². The molecular formula is C13H15BrN2O2. The van der Waals surface area contributed by atoms with Crippen LogP contribution >= 0.6 is 15.9 Å². The van der Waals surface area contributed by atoms with Gasteiger partial charge in [-0.25, -0.2) is 0 Å². The molecule has 0 atom stereocenters. The molecule has 1 aromatic heterocycles. The number of aryl methyl sites for hydroxylation is 1. The Morgan fingerprint density at radius 2 is 2.22 bits per heavy atom. The molecule has 2 aromatic rings. The van der Waals surface area contributed by atoms with Gasteiger partial charge in [-0.3, -0.25) is 4.68 Å². The molecular weight excluding hydrogens is 296 g/mol. The van der Waals surface area contributed by atoms with Crippen molar-refractivity contribution in [3.63, 3.8) is 0 Å². The van der Waals surface area contributed by atoms with Crippen molar-refractivity contribution in [2.45, 2.75) is 6.42 Å². The molecule has 0 aliphatic carbocycles. The molecule has 0 fully saturated rings. The Morgan fingerprint density at radius 1 is 1.39 bits per heavy atom. The minimum Gasteiger partial charge on any atom is -0.497 e. The lowest BCUT2D eigenvalue weighted by molar-refractivity contribution is 0.319. The van der Waals surface area contributed by atoms with E-state index in [2.05, 4.69) is 21.0 Å². The summed E-state index contributed by atoms with van der Waals surface area (Å²) >= 11 is 3.46. The predicted octanol–water partition coefficient (Wildman–Crippen LogP) is 2.81. The molecule has 0 spiro atoms. The van der Waals surface area contributed by atoms with Gasteiger partial charge in [0.1, 0.15) is 11.5 Å². The molecule has 0 unspecified atom stereocenters. The van der Waals surface area contributed by atoms with Gasteiger partial charge in [-0.05, 0) is 39.7 Å². The summed E-state index contributed by atoms with van der Waals surface area (Å²) in [6.07, 6.45) is 4.69. The van der Waals surface area contributed by atoms with Gasteiger partial charge in [0.25, 0.3) is 0 Å². The van der Waals surface area contributed by atoms with E-state index in [1.54, 1.807) is 11.8 Å². The van der Waals surface area contributed by atoms with Gasteiger partial charge >= 0.3 is 0 Å². The quantitative estimate of drug-likeness (QED) is 0.852. The number of hydrogen-bond acceptors (Lipinski definition) is 3. The second kappa shape index (κ2) is 5.91. The van der Waals surface area contributed by atoms with Crippen LogP contribution in [0.3, 0.4) is 0 Å². The molecule has 0 N–H and O–H groups in total. The first-order valence-electron chi connectivity index (χ1n) is 5.63. The molecule has 0 amide bonds. The van der Waals surface area contributed by atoms with E-state index in [1.807, 2.05) is 37.6 Å². The van der Waals surface area contributed by atoms with Crippen LogP contribution in [0.2, 0.25) is 0 Å². The maximum Gasteiger partial charge on any atom is 0.133 e. The van der Waals surface area contributed by atoms with Gasteiger partial charge in [0.05, 0.1) is 24.4 Å². The van der Waals surface area contributed by atoms with Crippen LogP contribution in [0.4, 0.5) is 0 Å². The summed E-state index contributed by atoms with van der Waals surface area (Å²) in [6.45, 7) is 0.622. The highest BCUT2D eigenvalue weighted by molar-refractivity contribution is 9.10. The maximum absolute atomic E-state index is 5.71. The molecule has 0 radical (unpaired) electrons. The van der Waals surface area contributed by atoms with Gasteiger partial charge in [0, 0.05) is 19.7 Å². The van der Waals surface area contributed by atoms with Crippen LogP contribution in [0.15, 0.2) is 35.1 Å². The van der Waals surface area contributed by atoms with Gasteiger partial charge in [-0.15, -0.1) is 0 Å². The zero-order valence-corrected chi connectivity index (χ0v) is 12.0. The van der Waals surface area contributed by atoms with E-state index >= 15 is 0 Å². The summed E-state index contributed by atoms with van der Waals surface area (Å²) in [5.41, 5.74) is 1.17. The second-order valence-corrected chi connectivity index (χ2v) is 4.77. The highest BCUT2D eigenvalue weighted by Crippen LogP contribution is 2.29. The first-order valence-corrected chi connectivity index (χ1v) is 6.42. The van der Waals surface area contributed by atoms with Crippen molar-refractivity contribution in [2.75, 3.05) is 13.7 Å². The van der Waals surface area contributed by atoms with Gasteiger partial charge in [0.2, 0.25) is 0 Å². The topological polar surface area (TPSA) is 36.3 Å². The summed E-state index contributed by atoms with van der Waals surface area (Å²) in [4.78, 5) is 0. The molecule has 0 aliphatic heterocycles. The molecule has 96 valence electrons. The van der Waals surface area contributed by atoms with E-state index < -0.39 is 0 Å². The maximum atomic E-state index is 5.71. The Balaban J connectivity index is 1.90. The third kappa shape index (κ3) is 3.26. The molecule has 0 bridgehead atoms. The fourth-order valence-corrected chi connectivity index (χ4v) is 2.08. The summed E-state index contributed by atoms with van der Waals surface area (Å²) in [7, 11) is 3.55. The van der Waals surface area contributed by atoms with Crippen molar-refractivity contribution in [2.24, 2.45) is 7.05 Å². The number of hydrogen-bond donors (Lipinski definition) is 0. The number of methoxy groups -OCH3 is 1. The Bertz CT molecular complexity index is 525. The lowest BCUT2D eigenvalue weighted by Crippen LogP contribution is -2.01. The van der Waals surface area contributed by atoms with Crippen LogP contribution in [0.1, 0.15) is 5.56 Å². The van der Waals surface area contributed by atoms with Crippen LogP contribution < -0.4 is 9.47 Å². The first-order chi connectivity index (χ1) is 8.69. The van der Waals surface area contributed by atoms with E-state index in [0.717, 1.165) is 22.4 Å². The van der Waals surface area contributed by atoms with Crippen LogP contribution in [0, 0.1) is 0 Å². The largest absolute Gasteiger partial charge is 0.497 e. The Labute approximate surface area is 115 Å². The average Bonchev–Trinajstić information content (AvgIpc) is 2.77. The molecule has 2 rings (SSSR count). The monoisotopic (exact) mass is 310 g/mol. The zero-order chi connectivity index (χ0) is 13.0. The molecule has 0 saturated heterocycles. The van der Waals surface area contributed by atoms with E-state index in [0.29, 0.717) is 6.61 Å². The molecule has 1 aromatic carbocycles. The third-order valence-corrected chi connectivity index (χ3v) is 3.17. The van der Waals surface area contributed by atoms with Crippen molar-refractivity contribution in [3.8, 4) is 11.5 Å².